The third-order valence-electron chi connectivity index (χ3n) is 4.52. The van der Waals surface area contributed by atoms with E-state index in [1.807, 2.05) is 67.6 Å². The Kier molecular flexibility index (Phi) is 4.66. The van der Waals surface area contributed by atoms with Crippen LogP contribution in [0.4, 0.5) is 0 Å². The molecule has 0 aliphatic rings. The van der Waals surface area contributed by atoms with Crippen molar-refractivity contribution in [1.29, 1.82) is 0 Å². The summed E-state index contributed by atoms with van der Waals surface area (Å²) >= 11 is 0. The van der Waals surface area contributed by atoms with E-state index in [2.05, 4.69) is 21.5 Å². The minimum atomic E-state index is -0.166. The van der Waals surface area contributed by atoms with Crippen LogP contribution in [0.15, 0.2) is 72.9 Å². The van der Waals surface area contributed by atoms with Crippen molar-refractivity contribution in [2.75, 3.05) is 6.54 Å². The van der Waals surface area contributed by atoms with Crippen LogP contribution in [0.1, 0.15) is 21.7 Å². The molecule has 2 heterocycles. The largest absolute Gasteiger partial charge is 0.350 e. The lowest BCUT2D eigenvalue weighted by Gasteiger charge is -2.06. The molecule has 0 aliphatic heterocycles. The van der Waals surface area contributed by atoms with Gasteiger partial charge in [-0.25, -0.2) is 4.68 Å². The molecule has 0 unspecified atom stereocenters. The van der Waals surface area contributed by atoms with E-state index in [1.54, 1.807) is 10.9 Å². The molecule has 1 amide bonds. The Labute approximate surface area is 157 Å². The number of fused-ring (bicyclic) bond motifs is 1. The summed E-state index contributed by atoms with van der Waals surface area (Å²) in [4.78, 5) is 16.9. The number of nitrogens with one attached hydrogen (secondary N) is 1. The summed E-state index contributed by atoms with van der Waals surface area (Å²) in [5.41, 5.74) is 4.39. The van der Waals surface area contributed by atoms with Gasteiger partial charge in [-0.15, -0.1) is 0 Å². The fourth-order valence-corrected chi connectivity index (χ4v) is 3.19. The van der Waals surface area contributed by atoms with Gasteiger partial charge in [-0.1, -0.05) is 42.5 Å². The molecule has 4 aromatic rings. The summed E-state index contributed by atoms with van der Waals surface area (Å²) in [6.07, 6.45) is 2.52. The summed E-state index contributed by atoms with van der Waals surface area (Å²) in [7, 11) is 0. The summed E-state index contributed by atoms with van der Waals surface area (Å²) in [5.74, 6) is -0.166. The molecule has 0 spiro atoms. The number of nitrogens with zero attached hydrogens (tertiary/aromatic N) is 3. The zero-order valence-corrected chi connectivity index (χ0v) is 15.1. The Morgan fingerprint density at radius 2 is 1.85 bits per heavy atom. The summed E-state index contributed by atoms with van der Waals surface area (Å²) < 4.78 is 1.78. The van der Waals surface area contributed by atoms with Crippen LogP contribution in [0.2, 0.25) is 0 Å². The summed E-state index contributed by atoms with van der Waals surface area (Å²) in [6, 6.07) is 21.7. The van der Waals surface area contributed by atoms with E-state index in [1.165, 1.54) is 0 Å². The first-order valence-electron chi connectivity index (χ1n) is 8.95. The van der Waals surface area contributed by atoms with Gasteiger partial charge in [0.25, 0.3) is 5.91 Å². The predicted octanol–water partition coefficient (Wildman–Crippen LogP) is 3.70. The molecule has 2 aromatic carbocycles. The predicted molar refractivity (Wildman–Crippen MR) is 106 cm³/mol. The molecule has 0 saturated carbocycles. The van der Waals surface area contributed by atoms with Crippen molar-refractivity contribution in [2.24, 2.45) is 0 Å². The minimum Gasteiger partial charge on any atom is -0.350 e. The number of carbonyl (C=O) groups is 1. The number of aryl methyl sites for hydroxylation is 1. The number of aromatic nitrogens is 3. The molecule has 134 valence electrons. The number of para-hydroxylation sites is 2. The highest BCUT2D eigenvalue weighted by molar-refractivity contribution is 5.92. The lowest BCUT2D eigenvalue weighted by Crippen LogP contribution is -2.26. The standard InChI is InChI=1S/C22H20N4O/c1-16-15-20(25-26(16)19-10-3-2-4-11-19)22(27)24-14-12-18-8-5-7-17-9-6-13-23-21(17)18/h2-11,13,15H,12,14H2,1H3,(H,24,27). The molecule has 0 bridgehead atoms. The zero-order valence-electron chi connectivity index (χ0n) is 15.1. The summed E-state index contributed by atoms with van der Waals surface area (Å²) in [6.45, 7) is 2.48. The SMILES string of the molecule is Cc1cc(C(=O)NCCc2cccc3cccnc23)nn1-c1ccccc1. The number of rotatable bonds is 5. The molecule has 4 rings (SSSR count). The molecule has 0 fully saturated rings. The number of carbonyl (C=O) groups excluding carboxylic acids is 1. The Hall–Kier alpha value is -3.47. The van der Waals surface area contributed by atoms with Gasteiger partial charge in [-0.2, -0.15) is 5.10 Å². The first-order valence-corrected chi connectivity index (χ1v) is 8.95. The van der Waals surface area contributed by atoms with Crippen LogP contribution in [0, 0.1) is 6.92 Å². The number of hydrogen-bond donors (Lipinski definition) is 1. The Bertz CT molecular complexity index is 1080. The molecule has 0 saturated heterocycles. The van der Waals surface area contributed by atoms with Crippen LogP contribution in [0.5, 0.6) is 0 Å². The van der Waals surface area contributed by atoms with Gasteiger partial charge in [-0.05, 0) is 43.2 Å². The van der Waals surface area contributed by atoms with Crippen molar-refractivity contribution in [3.8, 4) is 5.69 Å². The van der Waals surface area contributed by atoms with Gasteiger partial charge < -0.3 is 5.32 Å². The van der Waals surface area contributed by atoms with Crippen LogP contribution in [-0.4, -0.2) is 27.2 Å². The first kappa shape index (κ1) is 17.0. The van der Waals surface area contributed by atoms with Gasteiger partial charge in [0.15, 0.2) is 5.69 Å². The van der Waals surface area contributed by atoms with E-state index in [4.69, 9.17) is 0 Å². The molecule has 1 N–H and O–H groups in total. The summed E-state index contributed by atoms with van der Waals surface area (Å²) in [5, 5.41) is 8.52. The fraction of sp³-hybridized carbons (Fsp3) is 0.136. The maximum absolute atomic E-state index is 12.5. The third-order valence-corrected chi connectivity index (χ3v) is 4.52. The van der Waals surface area contributed by atoms with E-state index in [0.717, 1.165) is 34.3 Å². The van der Waals surface area contributed by atoms with Crippen LogP contribution < -0.4 is 5.32 Å². The Balaban J connectivity index is 1.44. The third kappa shape index (κ3) is 3.58. The van der Waals surface area contributed by atoms with E-state index in [-0.39, 0.29) is 5.91 Å². The number of pyridine rings is 1. The molecule has 0 aliphatic carbocycles. The molecular weight excluding hydrogens is 336 g/mol. The van der Waals surface area contributed by atoms with Gasteiger partial charge in [0, 0.05) is 23.8 Å². The van der Waals surface area contributed by atoms with Gasteiger partial charge in [0.05, 0.1) is 11.2 Å². The maximum Gasteiger partial charge on any atom is 0.271 e. The van der Waals surface area contributed by atoms with Crippen molar-refractivity contribution in [1.82, 2.24) is 20.1 Å². The van der Waals surface area contributed by atoms with E-state index in [0.29, 0.717) is 12.2 Å². The minimum absolute atomic E-state index is 0.166. The quantitative estimate of drug-likeness (QED) is 0.593. The molecule has 5 nitrogen and oxygen atoms in total. The van der Waals surface area contributed by atoms with Crippen molar-refractivity contribution >= 4 is 16.8 Å². The van der Waals surface area contributed by atoms with E-state index in [9.17, 15) is 4.79 Å². The van der Waals surface area contributed by atoms with Gasteiger partial charge in [0.1, 0.15) is 0 Å². The molecule has 5 heteroatoms. The van der Waals surface area contributed by atoms with Crippen LogP contribution >= 0.6 is 0 Å². The van der Waals surface area contributed by atoms with Crippen LogP contribution in [0.3, 0.4) is 0 Å². The highest BCUT2D eigenvalue weighted by Gasteiger charge is 2.13. The second-order valence-corrected chi connectivity index (χ2v) is 6.42. The van der Waals surface area contributed by atoms with Crippen LogP contribution in [0.25, 0.3) is 16.6 Å². The van der Waals surface area contributed by atoms with Crippen molar-refractivity contribution in [3.05, 3.63) is 89.9 Å². The van der Waals surface area contributed by atoms with Crippen molar-refractivity contribution < 1.29 is 4.79 Å². The number of hydrogen-bond acceptors (Lipinski definition) is 3. The van der Waals surface area contributed by atoms with Crippen molar-refractivity contribution in [3.63, 3.8) is 0 Å². The van der Waals surface area contributed by atoms with Gasteiger partial charge >= 0.3 is 0 Å². The second-order valence-electron chi connectivity index (χ2n) is 6.42. The second kappa shape index (κ2) is 7.41. The molecule has 0 radical (unpaired) electrons. The first-order chi connectivity index (χ1) is 13.2. The van der Waals surface area contributed by atoms with Gasteiger partial charge in [0.2, 0.25) is 0 Å². The molecule has 27 heavy (non-hydrogen) atoms. The van der Waals surface area contributed by atoms with Crippen LogP contribution in [-0.2, 0) is 6.42 Å². The highest BCUT2D eigenvalue weighted by atomic mass is 16.1. The Morgan fingerprint density at radius 3 is 2.70 bits per heavy atom. The lowest BCUT2D eigenvalue weighted by atomic mass is 10.1. The molecular formula is C22H20N4O. The normalized spacial score (nSPS) is 10.9. The van der Waals surface area contributed by atoms with Crippen molar-refractivity contribution in [2.45, 2.75) is 13.3 Å². The Morgan fingerprint density at radius 1 is 1.04 bits per heavy atom. The highest BCUT2D eigenvalue weighted by Crippen LogP contribution is 2.16. The monoisotopic (exact) mass is 356 g/mol. The van der Waals surface area contributed by atoms with E-state index >= 15 is 0 Å². The average Bonchev–Trinajstić information content (AvgIpc) is 3.10. The fourth-order valence-electron chi connectivity index (χ4n) is 3.19. The number of amides is 1. The lowest BCUT2D eigenvalue weighted by molar-refractivity contribution is 0.0948. The van der Waals surface area contributed by atoms with Gasteiger partial charge in [-0.3, -0.25) is 9.78 Å². The average molecular weight is 356 g/mol. The number of benzene rings is 2. The van der Waals surface area contributed by atoms with E-state index < -0.39 is 0 Å². The smallest absolute Gasteiger partial charge is 0.271 e. The topological polar surface area (TPSA) is 59.8 Å². The molecule has 0 atom stereocenters. The maximum atomic E-state index is 12.5. The molecule has 2 aromatic heterocycles. The zero-order chi connectivity index (χ0) is 18.6.